The monoisotopic (exact) mass is 330 g/mol. The van der Waals surface area contributed by atoms with E-state index >= 15 is 0 Å². The molecule has 6 nitrogen and oxygen atoms in total. The van der Waals surface area contributed by atoms with Gasteiger partial charge in [-0.05, 0) is 31.2 Å². The Kier molecular flexibility index (Phi) is 4.43. The van der Waals surface area contributed by atoms with Crippen molar-refractivity contribution in [1.29, 1.82) is 0 Å². The molecular weight excluding hydrogens is 316 g/mol. The maximum absolute atomic E-state index is 11.6. The second-order valence-corrected chi connectivity index (χ2v) is 5.22. The summed E-state index contributed by atoms with van der Waals surface area (Å²) in [5.74, 6) is 0.338. The molecule has 3 aromatic heterocycles. The van der Waals surface area contributed by atoms with Gasteiger partial charge in [-0.3, -0.25) is 14.2 Å². The smallest absolute Gasteiger partial charge is 0.325 e. The predicted molar refractivity (Wildman–Crippen MR) is 88.6 cm³/mol. The van der Waals surface area contributed by atoms with E-state index in [9.17, 15) is 4.79 Å². The number of carbonyl (C=O) groups is 1. The van der Waals surface area contributed by atoms with Crippen LogP contribution in [0.4, 0.5) is 5.82 Å². The third kappa shape index (κ3) is 3.27. The third-order valence-electron chi connectivity index (χ3n) is 3.22. The van der Waals surface area contributed by atoms with Gasteiger partial charge in [-0.2, -0.15) is 0 Å². The van der Waals surface area contributed by atoms with E-state index in [-0.39, 0.29) is 12.5 Å². The SMILES string of the molecule is CCOC(=O)CNc1c(-c2cccnc2)nc2ccc(Cl)cn12. The van der Waals surface area contributed by atoms with Crippen LogP contribution in [-0.2, 0) is 9.53 Å². The second kappa shape index (κ2) is 6.66. The van der Waals surface area contributed by atoms with E-state index in [1.807, 2.05) is 22.6 Å². The molecule has 0 atom stereocenters. The molecule has 0 aliphatic rings. The van der Waals surface area contributed by atoms with Crippen LogP contribution in [0.15, 0.2) is 42.9 Å². The van der Waals surface area contributed by atoms with Gasteiger partial charge in [-0.1, -0.05) is 11.6 Å². The zero-order valence-electron chi connectivity index (χ0n) is 12.5. The molecule has 0 aliphatic heterocycles. The molecule has 3 heterocycles. The first kappa shape index (κ1) is 15.3. The molecule has 0 radical (unpaired) electrons. The zero-order valence-corrected chi connectivity index (χ0v) is 13.2. The number of aromatic nitrogens is 3. The molecule has 0 spiro atoms. The Morgan fingerprint density at radius 2 is 2.26 bits per heavy atom. The van der Waals surface area contributed by atoms with Gasteiger partial charge in [0.15, 0.2) is 0 Å². The maximum Gasteiger partial charge on any atom is 0.325 e. The third-order valence-corrected chi connectivity index (χ3v) is 3.45. The predicted octanol–water partition coefficient (Wildman–Crippen LogP) is 3.02. The van der Waals surface area contributed by atoms with Gasteiger partial charge in [-0.25, -0.2) is 4.98 Å². The lowest BCUT2D eigenvalue weighted by Gasteiger charge is -2.08. The number of hydrogen-bond donors (Lipinski definition) is 1. The summed E-state index contributed by atoms with van der Waals surface area (Å²) in [6, 6.07) is 7.33. The second-order valence-electron chi connectivity index (χ2n) is 4.78. The first-order chi connectivity index (χ1) is 11.2. The van der Waals surface area contributed by atoms with Gasteiger partial charge < -0.3 is 10.1 Å². The van der Waals surface area contributed by atoms with Crippen molar-refractivity contribution in [3.05, 3.63) is 47.9 Å². The fraction of sp³-hybridized carbons (Fsp3) is 0.188. The summed E-state index contributed by atoms with van der Waals surface area (Å²) < 4.78 is 6.76. The summed E-state index contributed by atoms with van der Waals surface area (Å²) in [4.78, 5) is 20.4. The molecule has 0 unspecified atom stereocenters. The fourth-order valence-electron chi connectivity index (χ4n) is 2.26. The van der Waals surface area contributed by atoms with Gasteiger partial charge in [0.05, 0.1) is 11.6 Å². The van der Waals surface area contributed by atoms with Gasteiger partial charge in [0, 0.05) is 24.2 Å². The van der Waals surface area contributed by atoms with Crippen LogP contribution in [0.2, 0.25) is 5.02 Å². The Bertz CT molecular complexity index is 833. The van der Waals surface area contributed by atoms with E-state index in [1.54, 1.807) is 31.6 Å². The van der Waals surface area contributed by atoms with Gasteiger partial charge in [0.25, 0.3) is 0 Å². The number of halogens is 1. The summed E-state index contributed by atoms with van der Waals surface area (Å²) in [5, 5.41) is 3.66. The summed E-state index contributed by atoms with van der Waals surface area (Å²) in [6.45, 7) is 2.16. The molecule has 1 N–H and O–H groups in total. The molecule has 0 aromatic carbocycles. The molecular formula is C16H15ClN4O2. The first-order valence-electron chi connectivity index (χ1n) is 7.16. The molecule has 118 valence electrons. The molecule has 0 bridgehead atoms. The summed E-state index contributed by atoms with van der Waals surface area (Å²) in [7, 11) is 0. The normalized spacial score (nSPS) is 10.7. The van der Waals surface area contributed by atoms with Crippen molar-refractivity contribution in [3.63, 3.8) is 0 Å². The van der Waals surface area contributed by atoms with Crippen LogP contribution in [0.1, 0.15) is 6.92 Å². The van der Waals surface area contributed by atoms with Crippen molar-refractivity contribution < 1.29 is 9.53 Å². The number of nitrogens with zero attached hydrogens (tertiary/aromatic N) is 3. The highest BCUT2D eigenvalue weighted by molar-refractivity contribution is 6.30. The highest BCUT2D eigenvalue weighted by Gasteiger charge is 2.15. The van der Waals surface area contributed by atoms with Crippen molar-refractivity contribution in [2.45, 2.75) is 6.92 Å². The number of nitrogens with one attached hydrogen (secondary N) is 1. The van der Waals surface area contributed by atoms with E-state index in [0.29, 0.717) is 23.1 Å². The Hall–Kier alpha value is -2.60. The molecule has 23 heavy (non-hydrogen) atoms. The highest BCUT2D eigenvalue weighted by atomic mass is 35.5. The lowest BCUT2D eigenvalue weighted by molar-refractivity contribution is -0.140. The van der Waals surface area contributed by atoms with Gasteiger partial charge in [0.1, 0.15) is 23.7 Å². The molecule has 0 aliphatic carbocycles. The van der Waals surface area contributed by atoms with E-state index < -0.39 is 0 Å². The van der Waals surface area contributed by atoms with Crippen molar-refractivity contribution in [2.75, 3.05) is 18.5 Å². The first-order valence-corrected chi connectivity index (χ1v) is 7.54. The lowest BCUT2D eigenvalue weighted by atomic mass is 10.2. The molecule has 3 aromatic rings. The van der Waals surface area contributed by atoms with Gasteiger partial charge in [0.2, 0.25) is 0 Å². The lowest BCUT2D eigenvalue weighted by Crippen LogP contribution is -2.17. The standard InChI is InChI=1S/C16H15ClN4O2/c1-2-23-14(22)9-19-16-15(11-4-3-7-18-8-11)20-13-6-5-12(17)10-21(13)16/h3-8,10,19H,2,9H2,1H3. The number of anilines is 1. The van der Waals surface area contributed by atoms with Crippen molar-refractivity contribution in [1.82, 2.24) is 14.4 Å². The zero-order chi connectivity index (χ0) is 16.2. The molecule has 0 saturated carbocycles. The average molecular weight is 331 g/mol. The quantitative estimate of drug-likeness (QED) is 0.728. The summed E-state index contributed by atoms with van der Waals surface area (Å²) in [6.07, 6.45) is 5.16. The van der Waals surface area contributed by atoms with E-state index in [0.717, 1.165) is 11.2 Å². The van der Waals surface area contributed by atoms with Crippen molar-refractivity contribution in [2.24, 2.45) is 0 Å². The number of ether oxygens (including phenoxy) is 1. The molecule has 3 rings (SSSR count). The van der Waals surface area contributed by atoms with Crippen molar-refractivity contribution >= 4 is 29.0 Å². The minimum atomic E-state index is -0.332. The van der Waals surface area contributed by atoms with Crippen LogP contribution in [-0.4, -0.2) is 33.5 Å². The number of rotatable bonds is 5. The van der Waals surface area contributed by atoms with Crippen LogP contribution in [0.5, 0.6) is 0 Å². The topological polar surface area (TPSA) is 68.5 Å². The number of hydrogen-bond acceptors (Lipinski definition) is 5. The Labute approximate surface area is 138 Å². The van der Waals surface area contributed by atoms with Crippen LogP contribution in [0, 0.1) is 0 Å². The molecule has 0 fully saturated rings. The summed E-state index contributed by atoms with van der Waals surface area (Å²) >= 11 is 6.08. The van der Waals surface area contributed by atoms with Gasteiger partial charge in [-0.15, -0.1) is 0 Å². The van der Waals surface area contributed by atoms with Crippen LogP contribution < -0.4 is 5.32 Å². The number of pyridine rings is 2. The maximum atomic E-state index is 11.6. The van der Waals surface area contributed by atoms with Crippen LogP contribution in [0.25, 0.3) is 16.9 Å². The molecule has 0 amide bonds. The van der Waals surface area contributed by atoms with Crippen LogP contribution >= 0.6 is 11.6 Å². The highest BCUT2D eigenvalue weighted by Crippen LogP contribution is 2.29. The molecule has 0 saturated heterocycles. The average Bonchev–Trinajstić information content (AvgIpc) is 2.92. The van der Waals surface area contributed by atoms with E-state index in [1.165, 1.54) is 0 Å². The van der Waals surface area contributed by atoms with E-state index in [2.05, 4.69) is 15.3 Å². The number of fused-ring (bicyclic) bond motifs is 1. The largest absolute Gasteiger partial charge is 0.465 e. The Morgan fingerprint density at radius 1 is 1.39 bits per heavy atom. The van der Waals surface area contributed by atoms with Gasteiger partial charge >= 0.3 is 5.97 Å². The minimum Gasteiger partial charge on any atom is -0.465 e. The van der Waals surface area contributed by atoms with Crippen LogP contribution in [0.3, 0.4) is 0 Å². The number of imidazole rings is 1. The molecule has 7 heteroatoms. The Morgan fingerprint density at radius 3 is 3.00 bits per heavy atom. The fourth-order valence-corrected chi connectivity index (χ4v) is 2.42. The summed E-state index contributed by atoms with van der Waals surface area (Å²) in [5.41, 5.74) is 2.27. The number of esters is 1. The van der Waals surface area contributed by atoms with E-state index in [4.69, 9.17) is 16.3 Å². The van der Waals surface area contributed by atoms with Crippen molar-refractivity contribution in [3.8, 4) is 11.3 Å². The Balaban J connectivity index is 2.04. The number of carbonyl (C=O) groups excluding carboxylic acids is 1. The minimum absolute atomic E-state index is 0.0431.